The number of benzene rings is 2. The molecule has 2 fully saturated rings. The van der Waals surface area contributed by atoms with Gasteiger partial charge in [-0.25, -0.2) is 23.1 Å². The normalized spacial score (nSPS) is 17.2. The fourth-order valence-electron chi connectivity index (χ4n) is 5.76. The van der Waals surface area contributed by atoms with Gasteiger partial charge in [-0.3, -0.25) is 4.79 Å². The lowest BCUT2D eigenvalue weighted by atomic mass is 10.0. The third-order valence-electron chi connectivity index (χ3n) is 7.93. The molecule has 1 atom stereocenters. The van der Waals surface area contributed by atoms with Gasteiger partial charge in [0.25, 0.3) is 0 Å². The van der Waals surface area contributed by atoms with Crippen LogP contribution in [-0.4, -0.2) is 56.1 Å². The second kappa shape index (κ2) is 10.1. The average molecular weight is 558 g/mol. The molecule has 1 amide bonds. The number of phenolic OH excluding ortho intramolecular Hbond substituents is 1. The van der Waals surface area contributed by atoms with Crippen molar-refractivity contribution >= 4 is 22.8 Å². The number of aromatic nitrogens is 3. The summed E-state index contributed by atoms with van der Waals surface area (Å²) in [7, 11) is 0. The maximum atomic E-state index is 15.8. The summed E-state index contributed by atoms with van der Waals surface area (Å²) in [5, 5.41) is 10.7. The van der Waals surface area contributed by atoms with Gasteiger partial charge in [0, 0.05) is 25.7 Å². The monoisotopic (exact) mass is 557 g/mol. The molecule has 210 valence electrons. The van der Waals surface area contributed by atoms with Gasteiger partial charge < -0.3 is 14.9 Å². The van der Waals surface area contributed by atoms with Gasteiger partial charge in [0.2, 0.25) is 5.91 Å². The Morgan fingerprint density at radius 3 is 2.54 bits per heavy atom. The molecule has 0 bridgehead atoms. The lowest BCUT2D eigenvalue weighted by Crippen LogP contribution is -2.54. The van der Waals surface area contributed by atoms with Crippen molar-refractivity contribution in [3.05, 3.63) is 88.4 Å². The number of fused-ring (bicyclic) bond motifs is 1. The number of nitrogens with zero attached hydrogens (tertiary/aromatic N) is 5. The SMILES string of the molecule is C=CC(=O)N1CCN(c2nc(=O)n(-c3c(C)cccc3C3CC3)c3nc(-c4c(O)cccc4F)c(F)cc23)[C@@H](C)C1. The van der Waals surface area contributed by atoms with Crippen LogP contribution in [0.1, 0.15) is 36.8 Å². The Morgan fingerprint density at radius 2 is 1.85 bits per heavy atom. The minimum Gasteiger partial charge on any atom is -0.507 e. The number of para-hydroxylation sites is 1. The van der Waals surface area contributed by atoms with Crippen molar-refractivity contribution in [1.29, 1.82) is 0 Å². The molecule has 8 nitrogen and oxygen atoms in total. The first kappa shape index (κ1) is 26.6. The van der Waals surface area contributed by atoms with Crippen molar-refractivity contribution in [3.63, 3.8) is 0 Å². The highest BCUT2D eigenvalue weighted by molar-refractivity contribution is 5.91. The first-order valence-corrected chi connectivity index (χ1v) is 13.6. The number of rotatable bonds is 5. The van der Waals surface area contributed by atoms with Gasteiger partial charge in [-0.15, -0.1) is 0 Å². The number of piperazine rings is 1. The summed E-state index contributed by atoms with van der Waals surface area (Å²) in [5.41, 5.74) is 1.11. The number of carbonyl (C=O) groups is 1. The minimum absolute atomic E-state index is 0.104. The Kier molecular flexibility index (Phi) is 6.56. The number of amides is 1. The number of hydrogen-bond acceptors (Lipinski definition) is 6. The molecule has 2 aromatic carbocycles. The fraction of sp³-hybridized carbons (Fsp3) is 0.290. The van der Waals surface area contributed by atoms with Crippen molar-refractivity contribution in [2.24, 2.45) is 0 Å². The summed E-state index contributed by atoms with van der Waals surface area (Å²) in [6.07, 6.45) is 3.22. The highest BCUT2D eigenvalue weighted by Gasteiger charge is 2.32. The van der Waals surface area contributed by atoms with Crippen LogP contribution in [0.2, 0.25) is 0 Å². The molecule has 6 rings (SSSR count). The van der Waals surface area contributed by atoms with Crippen LogP contribution >= 0.6 is 0 Å². The highest BCUT2D eigenvalue weighted by Crippen LogP contribution is 2.44. The third kappa shape index (κ3) is 4.53. The molecule has 2 aliphatic rings. The molecular formula is C31H29F2N5O3. The van der Waals surface area contributed by atoms with Gasteiger partial charge >= 0.3 is 5.69 Å². The van der Waals surface area contributed by atoms with Crippen LogP contribution in [0.4, 0.5) is 14.6 Å². The second-order valence-corrected chi connectivity index (χ2v) is 10.7. The number of phenols is 1. The van der Waals surface area contributed by atoms with Crippen LogP contribution in [-0.2, 0) is 4.79 Å². The van der Waals surface area contributed by atoms with Gasteiger partial charge in [-0.1, -0.05) is 30.8 Å². The van der Waals surface area contributed by atoms with E-state index in [1.807, 2.05) is 36.9 Å². The molecule has 10 heteroatoms. The first-order chi connectivity index (χ1) is 19.7. The molecule has 1 aliphatic carbocycles. The van der Waals surface area contributed by atoms with Crippen molar-refractivity contribution in [1.82, 2.24) is 19.4 Å². The summed E-state index contributed by atoms with van der Waals surface area (Å²) in [4.78, 5) is 38.7. The topological polar surface area (TPSA) is 91.6 Å². The Morgan fingerprint density at radius 1 is 1.10 bits per heavy atom. The molecule has 0 spiro atoms. The highest BCUT2D eigenvalue weighted by atomic mass is 19.1. The Hall–Kier alpha value is -4.60. The zero-order valence-corrected chi connectivity index (χ0v) is 22.8. The lowest BCUT2D eigenvalue weighted by molar-refractivity contribution is -0.126. The summed E-state index contributed by atoms with van der Waals surface area (Å²) >= 11 is 0. The van der Waals surface area contributed by atoms with E-state index in [1.165, 1.54) is 28.8 Å². The van der Waals surface area contributed by atoms with E-state index in [0.29, 0.717) is 25.3 Å². The predicted molar refractivity (Wildman–Crippen MR) is 152 cm³/mol. The quantitative estimate of drug-likeness (QED) is 0.353. The molecule has 41 heavy (non-hydrogen) atoms. The molecule has 1 aliphatic heterocycles. The van der Waals surface area contributed by atoms with E-state index < -0.39 is 28.8 Å². The molecule has 4 aromatic rings. The van der Waals surface area contributed by atoms with Crippen LogP contribution in [0.15, 0.2) is 59.9 Å². The van der Waals surface area contributed by atoms with Crippen molar-refractivity contribution in [2.75, 3.05) is 24.5 Å². The van der Waals surface area contributed by atoms with E-state index in [-0.39, 0.29) is 40.3 Å². The number of aryl methyl sites for hydroxylation is 1. The van der Waals surface area contributed by atoms with Crippen LogP contribution in [0, 0.1) is 18.6 Å². The zero-order chi connectivity index (χ0) is 29.0. The predicted octanol–water partition coefficient (Wildman–Crippen LogP) is 4.84. The summed E-state index contributed by atoms with van der Waals surface area (Å²) in [5.74, 6) is -1.87. The van der Waals surface area contributed by atoms with E-state index in [1.54, 1.807) is 4.90 Å². The van der Waals surface area contributed by atoms with Gasteiger partial charge in [-0.2, -0.15) is 4.98 Å². The van der Waals surface area contributed by atoms with Gasteiger partial charge in [0.15, 0.2) is 11.5 Å². The van der Waals surface area contributed by atoms with E-state index in [2.05, 4.69) is 16.5 Å². The smallest absolute Gasteiger partial charge is 0.355 e. The van der Waals surface area contributed by atoms with Crippen molar-refractivity contribution in [2.45, 2.75) is 38.6 Å². The van der Waals surface area contributed by atoms with Crippen molar-refractivity contribution < 1.29 is 18.7 Å². The fourth-order valence-corrected chi connectivity index (χ4v) is 5.76. The molecule has 2 aromatic heterocycles. The third-order valence-corrected chi connectivity index (χ3v) is 7.93. The van der Waals surface area contributed by atoms with Crippen LogP contribution < -0.4 is 10.6 Å². The summed E-state index contributed by atoms with van der Waals surface area (Å²) in [6.45, 7) is 8.41. The number of hydrogen-bond donors (Lipinski definition) is 1. The summed E-state index contributed by atoms with van der Waals surface area (Å²) in [6, 6.07) is 10.4. The standard InChI is InChI=1S/C31H29F2N5O3/c1-4-25(40)36-13-14-37(18(3)16-36)29-21-15-23(33)27(26-22(32)9-6-10-24(26)39)34-30(21)38(31(41)35-29)28-17(2)7-5-8-20(28)19-11-12-19/h4-10,15,18-19,39H,1,11-14,16H2,2-3H3/t18-/m0/s1. The minimum atomic E-state index is -0.869. The maximum Gasteiger partial charge on any atom is 0.355 e. The number of aromatic hydroxyl groups is 1. The number of halogens is 2. The van der Waals surface area contributed by atoms with E-state index in [4.69, 9.17) is 0 Å². The average Bonchev–Trinajstić information content (AvgIpc) is 3.79. The lowest BCUT2D eigenvalue weighted by Gasteiger charge is -2.40. The first-order valence-electron chi connectivity index (χ1n) is 13.6. The molecule has 1 N–H and O–H groups in total. The van der Waals surface area contributed by atoms with Gasteiger partial charge in [0.05, 0.1) is 16.6 Å². The molecule has 0 unspecified atom stereocenters. The van der Waals surface area contributed by atoms with Gasteiger partial charge in [0.1, 0.15) is 23.1 Å². The van der Waals surface area contributed by atoms with Crippen molar-refractivity contribution in [3.8, 4) is 22.7 Å². The Balaban J connectivity index is 1.63. The number of pyridine rings is 1. The zero-order valence-electron chi connectivity index (χ0n) is 22.8. The van der Waals surface area contributed by atoms with Crippen LogP contribution in [0.3, 0.4) is 0 Å². The molecule has 1 saturated heterocycles. The largest absolute Gasteiger partial charge is 0.507 e. The summed E-state index contributed by atoms with van der Waals surface area (Å²) < 4.78 is 32.1. The number of anilines is 1. The molecule has 0 radical (unpaired) electrons. The maximum absolute atomic E-state index is 15.8. The van der Waals surface area contributed by atoms with E-state index in [9.17, 15) is 19.1 Å². The molecular weight excluding hydrogens is 528 g/mol. The number of carbonyl (C=O) groups excluding carboxylic acids is 1. The Labute approximate surface area is 235 Å². The Bertz CT molecular complexity index is 1760. The molecule has 1 saturated carbocycles. The van der Waals surface area contributed by atoms with E-state index >= 15 is 4.39 Å². The van der Waals surface area contributed by atoms with E-state index in [0.717, 1.165) is 30.0 Å². The van der Waals surface area contributed by atoms with Crippen LogP contribution in [0.25, 0.3) is 28.0 Å². The second-order valence-electron chi connectivity index (χ2n) is 10.7. The van der Waals surface area contributed by atoms with Crippen LogP contribution in [0.5, 0.6) is 5.75 Å². The molecule has 3 heterocycles. The van der Waals surface area contributed by atoms with Gasteiger partial charge in [-0.05, 0) is 68.0 Å².